The lowest BCUT2D eigenvalue weighted by Gasteiger charge is -2.57. The normalized spacial score (nSPS) is 27.8. The van der Waals surface area contributed by atoms with Crippen LogP contribution in [0.15, 0.2) is 54.6 Å². The van der Waals surface area contributed by atoms with E-state index in [0.29, 0.717) is 5.56 Å². The van der Waals surface area contributed by atoms with Crippen molar-refractivity contribution in [1.82, 2.24) is 0 Å². The van der Waals surface area contributed by atoms with Gasteiger partial charge in [-0.25, -0.2) is 4.79 Å². The fourth-order valence-electron chi connectivity index (χ4n) is 7.49. The first-order valence-corrected chi connectivity index (χ1v) is 12.8. The molecule has 4 aliphatic carbocycles. The van der Waals surface area contributed by atoms with Gasteiger partial charge in [0.05, 0.1) is 12.2 Å². The summed E-state index contributed by atoms with van der Waals surface area (Å²) < 4.78 is 6.11. The Morgan fingerprint density at radius 3 is 2.14 bits per heavy atom. The van der Waals surface area contributed by atoms with Gasteiger partial charge in [-0.3, -0.25) is 0 Å². The molecule has 35 heavy (non-hydrogen) atoms. The first kappa shape index (κ1) is 22.6. The molecule has 3 aromatic carbocycles. The predicted octanol–water partition coefficient (Wildman–Crippen LogP) is 5.40. The molecule has 0 aromatic heterocycles. The number of aliphatic hydroxyl groups is 2. The first-order valence-electron chi connectivity index (χ1n) is 12.8. The Bertz CT molecular complexity index is 1240. The van der Waals surface area contributed by atoms with Crippen molar-refractivity contribution in [3.05, 3.63) is 65.7 Å². The molecule has 0 radical (unpaired) electrons. The fraction of sp³-hybridized carbons (Fsp3) is 0.433. The molecule has 3 aromatic rings. The van der Waals surface area contributed by atoms with Crippen LogP contribution >= 0.6 is 0 Å². The van der Waals surface area contributed by atoms with E-state index in [1.54, 1.807) is 12.1 Å². The minimum atomic E-state index is -0.918. The van der Waals surface area contributed by atoms with Crippen molar-refractivity contribution in [2.24, 2.45) is 17.8 Å². The van der Waals surface area contributed by atoms with Crippen molar-refractivity contribution in [3.63, 3.8) is 0 Å². The van der Waals surface area contributed by atoms with Crippen molar-refractivity contribution in [3.8, 4) is 16.9 Å². The van der Waals surface area contributed by atoms with Crippen LogP contribution in [-0.2, 0) is 5.41 Å². The van der Waals surface area contributed by atoms with Crippen LogP contribution in [0.3, 0.4) is 0 Å². The van der Waals surface area contributed by atoms with Gasteiger partial charge in [0, 0.05) is 5.56 Å². The number of carboxylic acid groups (broad SMARTS) is 1. The number of aliphatic hydroxyl groups excluding tert-OH is 2. The Morgan fingerprint density at radius 2 is 1.49 bits per heavy atom. The molecule has 182 valence electrons. The van der Waals surface area contributed by atoms with Gasteiger partial charge in [0.2, 0.25) is 0 Å². The fourth-order valence-corrected chi connectivity index (χ4v) is 7.49. The maximum Gasteiger partial charge on any atom is 0.335 e. The quantitative estimate of drug-likeness (QED) is 0.428. The van der Waals surface area contributed by atoms with Crippen molar-refractivity contribution in [1.29, 1.82) is 0 Å². The summed E-state index contributed by atoms with van der Waals surface area (Å²) in [5.74, 6) is 2.30. The third kappa shape index (κ3) is 4.11. The van der Waals surface area contributed by atoms with Gasteiger partial charge in [-0.15, -0.1) is 0 Å². The summed E-state index contributed by atoms with van der Waals surface area (Å²) in [5.41, 5.74) is 3.88. The molecule has 0 spiro atoms. The van der Waals surface area contributed by atoms with Crippen LogP contribution < -0.4 is 4.74 Å². The highest BCUT2D eigenvalue weighted by Gasteiger charge is 2.52. The molecular weight excluding hydrogens is 440 g/mol. The van der Waals surface area contributed by atoms with E-state index < -0.39 is 12.1 Å². The number of benzene rings is 3. The second-order valence-electron chi connectivity index (χ2n) is 11.1. The Kier molecular flexibility index (Phi) is 5.58. The zero-order valence-electron chi connectivity index (χ0n) is 19.8. The minimum absolute atomic E-state index is 0.0805. The summed E-state index contributed by atoms with van der Waals surface area (Å²) in [7, 11) is 0. The molecule has 5 heteroatoms. The molecule has 0 saturated heterocycles. The number of carbonyl (C=O) groups is 1. The number of hydrogen-bond donors (Lipinski definition) is 3. The van der Waals surface area contributed by atoms with Crippen LogP contribution in [0.5, 0.6) is 5.75 Å². The highest BCUT2D eigenvalue weighted by Crippen LogP contribution is 2.62. The zero-order valence-corrected chi connectivity index (χ0v) is 19.8. The van der Waals surface area contributed by atoms with E-state index in [2.05, 4.69) is 24.3 Å². The van der Waals surface area contributed by atoms with Crippen molar-refractivity contribution < 1.29 is 24.9 Å². The van der Waals surface area contributed by atoms with Gasteiger partial charge < -0.3 is 20.1 Å². The van der Waals surface area contributed by atoms with Gasteiger partial charge in [0.25, 0.3) is 0 Å². The van der Waals surface area contributed by atoms with Crippen LogP contribution in [0.4, 0.5) is 0 Å². The maximum atomic E-state index is 11.3. The van der Waals surface area contributed by atoms with E-state index in [-0.39, 0.29) is 18.6 Å². The Morgan fingerprint density at radius 1 is 0.886 bits per heavy atom. The third-order valence-electron chi connectivity index (χ3n) is 8.65. The summed E-state index contributed by atoms with van der Waals surface area (Å²) >= 11 is 0. The van der Waals surface area contributed by atoms with Crippen LogP contribution in [0, 0.1) is 17.8 Å². The summed E-state index contributed by atoms with van der Waals surface area (Å²) in [4.78, 5) is 11.3. The molecule has 4 bridgehead atoms. The number of carboxylic acids is 1. The molecular formula is C30H32O5. The maximum absolute atomic E-state index is 11.3. The van der Waals surface area contributed by atoms with E-state index in [1.807, 2.05) is 18.2 Å². The van der Waals surface area contributed by atoms with E-state index in [4.69, 9.17) is 4.74 Å². The standard InChI is InChI=1S/C30H32O5/c31-16-26(32)17-35-28-6-5-24(22-1-2-23-11-25(29(33)34)4-3-21(23)10-22)12-27(28)30-13-18-7-19(14-30)9-20(8-18)15-30/h1-6,10-12,18-20,26,31-32H,7-9,13-17H2,(H,33,34)/t18?,19?,20?,26-,30?/m0/s1. The van der Waals surface area contributed by atoms with Gasteiger partial charge in [0.1, 0.15) is 18.5 Å². The monoisotopic (exact) mass is 472 g/mol. The van der Waals surface area contributed by atoms with E-state index in [9.17, 15) is 20.1 Å². The van der Waals surface area contributed by atoms with Crippen LogP contribution in [0.25, 0.3) is 21.9 Å². The van der Waals surface area contributed by atoms with Crippen molar-refractivity contribution >= 4 is 16.7 Å². The molecule has 0 heterocycles. The average molecular weight is 473 g/mol. The molecule has 1 atom stereocenters. The molecule has 4 fully saturated rings. The second kappa shape index (κ2) is 8.65. The summed E-state index contributed by atoms with van der Waals surface area (Å²) in [6.45, 7) is -0.234. The van der Waals surface area contributed by atoms with E-state index in [0.717, 1.165) is 45.4 Å². The van der Waals surface area contributed by atoms with Gasteiger partial charge in [-0.05, 0) is 114 Å². The number of aromatic carboxylic acids is 1. The average Bonchev–Trinajstić information content (AvgIpc) is 2.85. The van der Waals surface area contributed by atoms with Gasteiger partial charge in [-0.1, -0.05) is 24.3 Å². The van der Waals surface area contributed by atoms with Crippen molar-refractivity contribution in [2.45, 2.75) is 50.0 Å². The first-order chi connectivity index (χ1) is 16.9. The molecule has 7 rings (SSSR count). The molecule has 0 amide bonds. The topological polar surface area (TPSA) is 87.0 Å². The van der Waals surface area contributed by atoms with Gasteiger partial charge in [0.15, 0.2) is 0 Å². The van der Waals surface area contributed by atoms with E-state index in [1.165, 1.54) is 44.1 Å². The summed E-state index contributed by atoms with van der Waals surface area (Å²) in [6, 6.07) is 17.8. The Balaban J connectivity index is 1.41. The van der Waals surface area contributed by atoms with Crippen molar-refractivity contribution in [2.75, 3.05) is 13.2 Å². The zero-order chi connectivity index (χ0) is 24.2. The van der Waals surface area contributed by atoms with Gasteiger partial charge in [-0.2, -0.15) is 0 Å². The highest BCUT2D eigenvalue weighted by atomic mass is 16.5. The Hall–Kier alpha value is -2.89. The largest absolute Gasteiger partial charge is 0.490 e. The van der Waals surface area contributed by atoms with Crippen LogP contribution in [0.1, 0.15) is 54.4 Å². The molecule has 4 aliphatic rings. The molecule has 0 aliphatic heterocycles. The number of hydrogen-bond acceptors (Lipinski definition) is 4. The lowest BCUT2D eigenvalue weighted by atomic mass is 9.48. The third-order valence-corrected chi connectivity index (χ3v) is 8.65. The number of rotatable bonds is 7. The number of ether oxygens (including phenoxy) is 1. The van der Waals surface area contributed by atoms with Crippen LogP contribution in [-0.4, -0.2) is 40.6 Å². The molecule has 0 unspecified atom stereocenters. The molecule has 5 nitrogen and oxygen atoms in total. The summed E-state index contributed by atoms with van der Waals surface area (Å²) in [5, 5.41) is 30.4. The second-order valence-corrected chi connectivity index (χ2v) is 11.1. The highest BCUT2D eigenvalue weighted by molar-refractivity contribution is 5.95. The summed E-state index contributed by atoms with van der Waals surface area (Å²) in [6.07, 6.45) is 6.81. The van der Waals surface area contributed by atoms with Crippen LogP contribution in [0.2, 0.25) is 0 Å². The Labute approximate surface area is 205 Å². The van der Waals surface area contributed by atoms with E-state index >= 15 is 0 Å². The van der Waals surface area contributed by atoms with Gasteiger partial charge >= 0.3 is 5.97 Å². The number of fused-ring (bicyclic) bond motifs is 1. The molecule has 4 saturated carbocycles. The molecule has 3 N–H and O–H groups in total. The SMILES string of the molecule is O=C(O)c1ccc2cc(-c3ccc(OC[C@@H](O)CO)c(C45CC6CC(CC(C6)C4)C5)c3)ccc2c1. The lowest BCUT2D eigenvalue weighted by Crippen LogP contribution is -2.48. The predicted molar refractivity (Wildman–Crippen MR) is 135 cm³/mol. The smallest absolute Gasteiger partial charge is 0.335 e. The minimum Gasteiger partial charge on any atom is -0.490 e. The lowest BCUT2D eigenvalue weighted by molar-refractivity contribution is -0.00735.